The van der Waals surface area contributed by atoms with Gasteiger partial charge in [-0.05, 0) is 19.3 Å². The van der Waals surface area contributed by atoms with Crippen LogP contribution in [0.25, 0.3) is 0 Å². The monoisotopic (exact) mass is 270 g/mol. The third kappa shape index (κ3) is 14.2. The van der Waals surface area contributed by atoms with Crippen molar-refractivity contribution in [2.45, 2.75) is 110 Å². The Labute approximate surface area is 122 Å². The molecule has 0 saturated heterocycles. The van der Waals surface area contributed by atoms with E-state index >= 15 is 0 Å². The lowest BCUT2D eigenvalue weighted by atomic mass is 10.1. The second-order valence-electron chi connectivity index (χ2n) is 5.87. The molecule has 0 saturated carbocycles. The van der Waals surface area contributed by atoms with Crippen molar-refractivity contribution in [3.05, 3.63) is 0 Å². The van der Waals surface area contributed by atoms with Crippen LogP contribution in [0, 0.1) is 0 Å². The molecule has 0 aromatic rings. The number of ether oxygens (including phenoxy) is 1. The maximum absolute atomic E-state index is 6.00. The van der Waals surface area contributed by atoms with Gasteiger partial charge in [0.05, 0.1) is 6.10 Å². The fourth-order valence-corrected chi connectivity index (χ4v) is 2.51. The molecule has 0 bridgehead atoms. The fraction of sp³-hybridized carbons (Fsp3) is 1.00. The topological polar surface area (TPSA) is 9.23 Å². The van der Waals surface area contributed by atoms with E-state index in [-0.39, 0.29) is 0 Å². The minimum atomic E-state index is 0.525. The minimum absolute atomic E-state index is 0.525. The molecule has 1 atom stereocenters. The molecule has 0 N–H and O–H groups in total. The molecule has 0 aliphatic rings. The van der Waals surface area contributed by atoms with Crippen LogP contribution in [0.15, 0.2) is 0 Å². The summed E-state index contributed by atoms with van der Waals surface area (Å²) in [6, 6.07) is 0. The summed E-state index contributed by atoms with van der Waals surface area (Å²) in [6.07, 6.45) is 18.0. The summed E-state index contributed by atoms with van der Waals surface area (Å²) in [5, 5.41) is 0. The van der Waals surface area contributed by atoms with E-state index in [1.165, 1.54) is 83.5 Å². The van der Waals surface area contributed by atoms with Crippen molar-refractivity contribution in [1.29, 1.82) is 0 Å². The zero-order valence-corrected chi connectivity index (χ0v) is 13.9. The summed E-state index contributed by atoms with van der Waals surface area (Å²) in [7, 11) is 0. The van der Waals surface area contributed by atoms with Gasteiger partial charge in [-0.2, -0.15) is 0 Å². The number of rotatable bonds is 15. The number of hydrogen-bond acceptors (Lipinski definition) is 1. The van der Waals surface area contributed by atoms with Crippen LogP contribution in [-0.4, -0.2) is 12.7 Å². The molecule has 0 heterocycles. The quantitative estimate of drug-likeness (QED) is 0.308. The number of unbranched alkanes of at least 4 members (excludes halogenated alkanes) is 9. The lowest BCUT2D eigenvalue weighted by Gasteiger charge is -2.16. The molecule has 0 aromatic heterocycles. The van der Waals surface area contributed by atoms with E-state index in [0.29, 0.717) is 6.10 Å². The highest BCUT2D eigenvalue weighted by Crippen LogP contribution is 2.12. The van der Waals surface area contributed by atoms with Crippen LogP contribution in [0.2, 0.25) is 0 Å². The Morgan fingerprint density at radius 3 is 1.74 bits per heavy atom. The van der Waals surface area contributed by atoms with Crippen LogP contribution in [-0.2, 0) is 4.74 Å². The van der Waals surface area contributed by atoms with E-state index in [4.69, 9.17) is 4.74 Å². The van der Waals surface area contributed by atoms with Crippen LogP contribution in [0.4, 0.5) is 0 Å². The maximum atomic E-state index is 6.00. The number of hydrogen-bond donors (Lipinski definition) is 0. The Kier molecular flexibility index (Phi) is 16.0. The van der Waals surface area contributed by atoms with Gasteiger partial charge in [0, 0.05) is 6.61 Å². The molecule has 0 fully saturated rings. The summed E-state index contributed by atoms with van der Waals surface area (Å²) in [5.74, 6) is 0. The van der Waals surface area contributed by atoms with Crippen LogP contribution >= 0.6 is 0 Å². The summed E-state index contributed by atoms with van der Waals surface area (Å²) >= 11 is 0. The molecule has 0 aromatic carbocycles. The van der Waals surface area contributed by atoms with Crippen molar-refractivity contribution in [3.8, 4) is 0 Å². The van der Waals surface area contributed by atoms with E-state index < -0.39 is 0 Å². The Bertz CT molecular complexity index is 156. The molecule has 0 radical (unpaired) electrons. The lowest BCUT2D eigenvalue weighted by molar-refractivity contribution is 0.0407. The normalized spacial score (nSPS) is 12.8. The van der Waals surface area contributed by atoms with E-state index in [0.717, 1.165) is 6.61 Å². The summed E-state index contributed by atoms with van der Waals surface area (Å²) < 4.78 is 6.00. The molecule has 0 spiro atoms. The van der Waals surface area contributed by atoms with Gasteiger partial charge < -0.3 is 4.74 Å². The Balaban J connectivity index is 3.26. The van der Waals surface area contributed by atoms with Crippen molar-refractivity contribution >= 4 is 0 Å². The van der Waals surface area contributed by atoms with Crippen molar-refractivity contribution in [2.24, 2.45) is 0 Å². The van der Waals surface area contributed by atoms with Crippen molar-refractivity contribution in [3.63, 3.8) is 0 Å². The Hall–Kier alpha value is -0.0400. The van der Waals surface area contributed by atoms with Crippen LogP contribution in [0.3, 0.4) is 0 Å². The van der Waals surface area contributed by atoms with Gasteiger partial charge in [-0.3, -0.25) is 0 Å². The molecule has 116 valence electrons. The minimum Gasteiger partial charge on any atom is -0.378 e. The highest BCUT2D eigenvalue weighted by atomic mass is 16.5. The van der Waals surface area contributed by atoms with Crippen molar-refractivity contribution in [2.75, 3.05) is 6.61 Å². The molecular weight excluding hydrogens is 232 g/mol. The fourth-order valence-electron chi connectivity index (χ4n) is 2.51. The standard InChI is InChI=1S/C18H38O/c1-4-7-9-11-12-13-15-17-19-18(6-3)16-14-10-8-5-2/h18H,4-17H2,1-3H3/t18-/m0/s1. The first kappa shape index (κ1) is 19.0. The predicted octanol–water partition coefficient (Wildman–Crippen LogP) is 6.50. The summed E-state index contributed by atoms with van der Waals surface area (Å²) in [6.45, 7) is 7.79. The smallest absolute Gasteiger partial charge is 0.0572 e. The van der Waals surface area contributed by atoms with Gasteiger partial charge in [-0.15, -0.1) is 0 Å². The Morgan fingerprint density at radius 2 is 1.16 bits per heavy atom. The largest absolute Gasteiger partial charge is 0.378 e. The first-order chi connectivity index (χ1) is 9.35. The highest BCUT2D eigenvalue weighted by molar-refractivity contribution is 4.56. The third-order valence-electron chi connectivity index (χ3n) is 3.94. The van der Waals surface area contributed by atoms with E-state index in [2.05, 4.69) is 20.8 Å². The van der Waals surface area contributed by atoms with Crippen LogP contribution < -0.4 is 0 Å². The first-order valence-electron chi connectivity index (χ1n) is 8.96. The summed E-state index contributed by atoms with van der Waals surface area (Å²) in [4.78, 5) is 0. The van der Waals surface area contributed by atoms with E-state index in [9.17, 15) is 0 Å². The average molecular weight is 271 g/mol. The average Bonchev–Trinajstić information content (AvgIpc) is 2.44. The molecular formula is C18H38O. The van der Waals surface area contributed by atoms with Crippen molar-refractivity contribution in [1.82, 2.24) is 0 Å². The maximum Gasteiger partial charge on any atom is 0.0572 e. The second-order valence-corrected chi connectivity index (χ2v) is 5.87. The SMILES string of the molecule is CCCCCCCCCO[C@@H](CC)CCCCCC. The van der Waals surface area contributed by atoms with Gasteiger partial charge in [-0.1, -0.05) is 85.0 Å². The van der Waals surface area contributed by atoms with E-state index in [1.807, 2.05) is 0 Å². The Morgan fingerprint density at radius 1 is 0.632 bits per heavy atom. The van der Waals surface area contributed by atoms with Gasteiger partial charge in [0.15, 0.2) is 0 Å². The molecule has 0 aliphatic carbocycles. The van der Waals surface area contributed by atoms with Gasteiger partial charge in [0.25, 0.3) is 0 Å². The molecule has 0 amide bonds. The molecule has 19 heavy (non-hydrogen) atoms. The van der Waals surface area contributed by atoms with Crippen LogP contribution in [0.1, 0.15) is 104 Å². The van der Waals surface area contributed by atoms with Crippen molar-refractivity contribution < 1.29 is 4.74 Å². The van der Waals surface area contributed by atoms with Gasteiger partial charge in [0.1, 0.15) is 0 Å². The van der Waals surface area contributed by atoms with E-state index in [1.54, 1.807) is 0 Å². The molecule has 1 nitrogen and oxygen atoms in total. The lowest BCUT2D eigenvalue weighted by Crippen LogP contribution is -2.12. The van der Waals surface area contributed by atoms with Crippen LogP contribution in [0.5, 0.6) is 0 Å². The highest BCUT2D eigenvalue weighted by Gasteiger charge is 2.05. The molecule has 0 unspecified atom stereocenters. The molecule has 1 heteroatoms. The second kappa shape index (κ2) is 16.0. The predicted molar refractivity (Wildman–Crippen MR) is 86.8 cm³/mol. The first-order valence-corrected chi connectivity index (χ1v) is 8.96. The zero-order chi connectivity index (χ0) is 14.2. The third-order valence-corrected chi connectivity index (χ3v) is 3.94. The molecule has 0 rings (SSSR count). The van der Waals surface area contributed by atoms with Gasteiger partial charge in [-0.25, -0.2) is 0 Å². The summed E-state index contributed by atoms with van der Waals surface area (Å²) in [5.41, 5.74) is 0. The van der Waals surface area contributed by atoms with Gasteiger partial charge >= 0.3 is 0 Å². The zero-order valence-electron chi connectivity index (χ0n) is 13.9. The molecule has 0 aliphatic heterocycles. The van der Waals surface area contributed by atoms with Gasteiger partial charge in [0.2, 0.25) is 0 Å².